The summed E-state index contributed by atoms with van der Waals surface area (Å²) in [7, 11) is 1.92. The van der Waals surface area contributed by atoms with Crippen LogP contribution in [0.3, 0.4) is 0 Å². The van der Waals surface area contributed by atoms with Gasteiger partial charge in [-0.15, -0.1) is 0 Å². The molecule has 0 saturated carbocycles. The molecule has 92 valence electrons. The second-order valence-corrected chi connectivity index (χ2v) is 4.82. The van der Waals surface area contributed by atoms with Gasteiger partial charge in [0, 0.05) is 5.02 Å². The second kappa shape index (κ2) is 5.65. The highest BCUT2D eigenvalue weighted by Crippen LogP contribution is 2.33. The number of halogens is 2. The lowest BCUT2D eigenvalue weighted by Crippen LogP contribution is -2.20. The third-order valence-corrected chi connectivity index (χ3v) is 3.59. The molecule has 0 spiro atoms. The van der Waals surface area contributed by atoms with E-state index in [0.29, 0.717) is 5.02 Å². The van der Waals surface area contributed by atoms with Crippen molar-refractivity contribution in [3.8, 4) is 0 Å². The molecule has 1 aliphatic rings. The van der Waals surface area contributed by atoms with Crippen molar-refractivity contribution in [1.82, 2.24) is 5.32 Å². The molecule has 1 aromatic rings. The molecule has 0 heterocycles. The monoisotopic (exact) mass is 253 g/mol. The fourth-order valence-electron chi connectivity index (χ4n) is 2.40. The topological polar surface area (TPSA) is 12.0 Å². The molecule has 1 atom stereocenters. The molecule has 1 aromatic carbocycles. The highest BCUT2D eigenvalue weighted by Gasteiger charge is 2.19. The van der Waals surface area contributed by atoms with Crippen molar-refractivity contribution in [1.29, 1.82) is 0 Å². The van der Waals surface area contributed by atoms with Crippen LogP contribution in [0.25, 0.3) is 0 Å². The number of benzene rings is 1. The van der Waals surface area contributed by atoms with Gasteiger partial charge in [0.25, 0.3) is 0 Å². The zero-order valence-corrected chi connectivity index (χ0v) is 10.7. The van der Waals surface area contributed by atoms with Crippen LogP contribution >= 0.6 is 11.6 Å². The molecule has 0 amide bonds. The molecule has 2 rings (SSSR count). The van der Waals surface area contributed by atoms with Gasteiger partial charge in [0.05, 0.1) is 6.04 Å². The summed E-state index contributed by atoms with van der Waals surface area (Å²) < 4.78 is 13.0. The van der Waals surface area contributed by atoms with E-state index in [-0.39, 0.29) is 11.9 Å². The van der Waals surface area contributed by atoms with Crippen molar-refractivity contribution in [2.24, 2.45) is 0 Å². The molecule has 1 N–H and O–H groups in total. The lowest BCUT2D eigenvalue weighted by atomic mass is 9.90. The lowest BCUT2D eigenvalue weighted by Gasteiger charge is -2.24. The Morgan fingerprint density at radius 3 is 2.76 bits per heavy atom. The molecule has 1 nitrogen and oxygen atoms in total. The van der Waals surface area contributed by atoms with E-state index in [1.807, 2.05) is 7.05 Å². The van der Waals surface area contributed by atoms with Gasteiger partial charge in [-0.3, -0.25) is 0 Å². The fraction of sp³-hybridized carbons (Fsp3) is 0.429. The maximum absolute atomic E-state index is 13.0. The Bertz CT molecular complexity index is 428. The van der Waals surface area contributed by atoms with E-state index in [2.05, 4.69) is 11.4 Å². The predicted octanol–water partition coefficient (Wildman–Crippen LogP) is 4.24. The first kappa shape index (κ1) is 12.6. The molecule has 17 heavy (non-hydrogen) atoms. The normalized spacial score (nSPS) is 17.7. The minimum Gasteiger partial charge on any atom is -0.310 e. The van der Waals surface area contributed by atoms with E-state index < -0.39 is 0 Å². The highest BCUT2D eigenvalue weighted by molar-refractivity contribution is 6.31. The van der Waals surface area contributed by atoms with Gasteiger partial charge in [-0.2, -0.15) is 0 Å². The van der Waals surface area contributed by atoms with Crippen LogP contribution in [0.4, 0.5) is 4.39 Å². The Balaban J connectivity index is 2.31. The number of allylic oxidation sites excluding steroid dienone is 1. The van der Waals surface area contributed by atoms with Gasteiger partial charge in [-0.1, -0.05) is 29.3 Å². The molecule has 0 aromatic heterocycles. The second-order valence-electron chi connectivity index (χ2n) is 4.41. The summed E-state index contributed by atoms with van der Waals surface area (Å²) in [5.74, 6) is -0.286. The molecule has 3 heteroatoms. The predicted molar refractivity (Wildman–Crippen MR) is 69.8 cm³/mol. The molecule has 0 radical (unpaired) electrons. The first-order valence-corrected chi connectivity index (χ1v) is 6.41. The molecule has 1 aliphatic carbocycles. The Kier molecular flexibility index (Phi) is 4.19. The van der Waals surface area contributed by atoms with E-state index in [0.717, 1.165) is 18.4 Å². The molecule has 0 bridgehead atoms. The number of nitrogens with one attached hydrogen (secondary N) is 1. The van der Waals surface area contributed by atoms with Crippen LogP contribution in [0.15, 0.2) is 29.8 Å². The molecule has 0 aliphatic heterocycles. The minimum absolute atomic E-state index is 0.114. The maximum Gasteiger partial charge on any atom is 0.124 e. The van der Waals surface area contributed by atoms with Crippen LogP contribution in [0, 0.1) is 5.82 Å². The van der Waals surface area contributed by atoms with Gasteiger partial charge in [0.15, 0.2) is 0 Å². The molecule has 1 unspecified atom stereocenters. The van der Waals surface area contributed by atoms with Gasteiger partial charge in [-0.25, -0.2) is 4.39 Å². The third-order valence-electron chi connectivity index (χ3n) is 3.26. The van der Waals surface area contributed by atoms with Gasteiger partial charge < -0.3 is 5.32 Å². The van der Waals surface area contributed by atoms with Crippen LogP contribution in [0.1, 0.15) is 37.3 Å². The smallest absolute Gasteiger partial charge is 0.124 e. The molecule has 0 fully saturated rings. The van der Waals surface area contributed by atoms with Gasteiger partial charge in [0.1, 0.15) is 5.82 Å². The number of hydrogen-bond acceptors (Lipinski definition) is 1. The van der Waals surface area contributed by atoms with Gasteiger partial charge in [-0.05, 0) is 50.4 Å². The summed E-state index contributed by atoms with van der Waals surface area (Å²) >= 11 is 6.12. The van der Waals surface area contributed by atoms with Crippen LogP contribution in [0.2, 0.25) is 5.02 Å². The highest BCUT2D eigenvalue weighted by atomic mass is 35.5. The van der Waals surface area contributed by atoms with E-state index in [9.17, 15) is 4.39 Å². The Morgan fingerprint density at radius 2 is 2.18 bits per heavy atom. The summed E-state index contributed by atoms with van der Waals surface area (Å²) in [6, 6.07) is 4.73. The van der Waals surface area contributed by atoms with Crippen molar-refractivity contribution >= 4 is 11.6 Å². The fourth-order valence-corrected chi connectivity index (χ4v) is 2.68. The maximum atomic E-state index is 13.0. The number of rotatable bonds is 3. The molecular weight excluding hydrogens is 237 g/mol. The quantitative estimate of drug-likeness (QED) is 0.795. The third kappa shape index (κ3) is 2.88. The lowest BCUT2D eigenvalue weighted by molar-refractivity contribution is 0.589. The first-order chi connectivity index (χ1) is 8.22. The minimum atomic E-state index is -0.286. The molecule has 0 saturated heterocycles. The standard InChI is InChI=1S/C14H17ClFN/c1-17-14(10-5-3-2-4-6-10)12-8-7-11(16)9-13(12)15/h5,7-9,14,17H,2-4,6H2,1H3. The van der Waals surface area contributed by atoms with Crippen molar-refractivity contribution in [2.45, 2.75) is 31.7 Å². The van der Waals surface area contributed by atoms with Gasteiger partial charge >= 0.3 is 0 Å². The number of hydrogen-bond donors (Lipinski definition) is 1. The van der Waals surface area contributed by atoms with Gasteiger partial charge in [0.2, 0.25) is 0 Å². The SMILES string of the molecule is CNC(C1=CCCCC1)c1ccc(F)cc1Cl. The van der Waals surface area contributed by atoms with Crippen LogP contribution in [-0.2, 0) is 0 Å². The average Bonchev–Trinajstić information content (AvgIpc) is 2.34. The summed E-state index contributed by atoms with van der Waals surface area (Å²) in [6.07, 6.45) is 7.00. The summed E-state index contributed by atoms with van der Waals surface area (Å²) in [5, 5.41) is 3.77. The van der Waals surface area contributed by atoms with Crippen LogP contribution in [0.5, 0.6) is 0 Å². The van der Waals surface area contributed by atoms with Crippen molar-refractivity contribution in [2.75, 3.05) is 7.05 Å². The Hall–Kier alpha value is -0.860. The van der Waals surface area contributed by atoms with Crippen molar-refractivity contribution in [3.63, 3.8) is 0 Å². The molecular formula is C14H17ClFN. The first-order valence-electron chi connectivity index (χ1n) is 6.03. The van der Waals surface area contributed by atoms with E-state index in [1.165, 1.54) is 30.5 Å². The number of likely N-dealkylation sites (N-methyl/N-ethyl adjacent to an activating group) is 1. The van der Waals surface area contributed by atoms with E-state index in [4.69, 9.17) is 11.6 Å². The average molecular weight is 254 g/mol. The van der Waals surface area contributed by atoms with E-state index in [1.54, 1.807) is 6.07 Å². The van der Waals surface area contributed by atoms with Crippen LogP contribution < -0.4 is 5.32 Å². The van der Waals surface area contributed by atoms with E-state index >= 15 is 0 Å². The largest absolute Gasteiger partial charge is 0.310 e. The summed E-state index contributed by atoms with van der Waals surface area (Å²) in [5.41, 5.74) is 2.33. The zero-order valence-electron chi connectivity index (χ0n) is 9.97. The summed E-state index contributed by atoms with van der Waals surface area (Å²) in [6.45, 7) is 0. The zero-order chi connectivity index (χ0) is 12.3. The van der Waals surface area contributed by atoms with Crippen molar-refractivity contribution < 1.29 is 4.39 Å². The summed E-state index contributed by atoms with van der Waals surface area (Å²) in [4.78, 5) is 0. The van der Waals surface area contributed by atoms with Crippen LogP contribution in [-0.4, -0.2) is 7.05 Å². The van der Waals surface area contributed by atoms with Crippen molar-refractivity contribution in [3.05, 3.63) is 46.3 Å². The Morgan fingerprint density at radius 1 is 1.35 bits per heavy atom. The Labute approximate surface area is 107 Å².